The first-order valence-corrected chi connectivity index (χ1v) is 11.7. The maximum absolute atomic E-state index is 13.5. The summed E-state index contributed by atoms with van der Waals surface area (Å²) >= 11 is 0. The van der Waals surface area contributed by atoms with Crippen molar-refractivity contribution in [3.05, 3.63) is 70.1 Å². The van der Waals surface area contributed by atoms with Gasteiger partial charge in [0.25, 0.3) is 11.5 Å². The maximum Gasteiger partial charge on any atom is 0.296 e. The molecule has 5 rings (SSSR count). The summed E-state index contributed by atoms with van der Waals surface area (Å²) in [7, 11) is 1.86. The molecule has 0 aliphatic carbocycles. The number of aryl methyl sites for hydroxylation is 2. The molecule has 0 saturated carbocycles. The minimum Gasteiger partial charge on any atom is -0.379 e. The molecule has 2 aromatic carbocycles. The molecule has 176 valence electrons. The number of amides is 1. The van der Waals surface area contributed by atoms with E-state index in [9.17, 15) is 9.59 Å². The zero-order valence-electron chi connectivity index (χ0n) is 19.6. The molecule has 1 amide bonds. The number of ether oxygens (including phenoxy) is 1. The summed E-state index contributed by atoms with van der Waals surface area (Å²) in [5, 5.41) is 9.05. The fourth-order valence-electron chi connectivity index (χ4n) is 4.61. The molecular weight excluding hydrogens is 430 g/mol. The van der Waals surface area contributed by atoms with Gasteiger partial charge < -0.3 is 14.6 Å². The van der Waals surface area contributed by atoms with Crippen molar-refractivity contribution < 1.29 is 9.53 Å². The number of fused-ring (bicyclic) bond motifs is 3. The summed E-state index contributed by atoms with van der Waals surface area (Å²) in [4.78, 5) is 29.3. The molecule has 8 heteroatoms. The van der Waals surface area contributed by atoms with Crippen LogP contribution >= 0.6 is 0 Å². The van der Waals surface area contributed by atoms with Gasteiger partial charge in [0.2, 0.25) is 0 Å². The number of hydrogen-bond donors (Lipinski definition) is 1. The van der Waals surface area contributed by atoms with Gasteiger partial charge >= 0.3 is 0 Å². The minimum absolute atomic E-state index is 0.249. The molecule has 1 fully saturated rings. The van der Waals surface area contributed by atoms with Crippen molar-refractivity contribution in [1.29, 1.82) is 0 Å². The Kier molecular flexibility index (Phi) is 6.17. The lowest BCUT2D eigenvalue weighted by Crippen LogP contribution is -2.38. The molecule has 1 saturated heterocycles. The molecule has 0 bridgehead atoms. The SMILES string of the molecule is Cc1ccc(-n2nc(C(=O)NCCCN3CCOCC3)c3c4ccccc4n(C)c3c2=O)cc1. The number of hydrogen-bond acceptors (Lipinski definition) is 5. The van der Waals surface area contributed by atoms with Gasteiger partial charge in [-0.25, -0.2) is 0 Å². The van der Waals surface area contributed by atoms with E-state index in [4.69, 9.17) is 4.74 Å². The van der Waals surface area contributed by atoms with Crippen molar-refractivity contribution in [1.82, 2.24) is 24.6 Å². The van der Waals surface area contributed by atoms with Crippen molar-refractivity contribution in [2.24, 2.45) is 7.05 Å². The number of benzene rings is 2. The van der Waals surface area contributed by atoms with Crippen LogP contribution in [0.3, 0.4) is 0 Å². The predicted octanol–water partition coefficient (Wildman–Crippen LogP) is 2.64. The number of carbonyl (C=O) groups is 1. The molecule has 0 radical (unpaired) electrons. The van der Waals surface area contributed by atoms with Gasteiger partial charge in [0.05, 0.1) is 18.9 Å². The van der Waals surface area contributed by atoms with E-state index in [1.807, 2.05) is 67.1 Å². The third kappa shape index (κ3) is 4.10. The summed E-state index contributed by atoms with van der Waals surface area (Å²) in [6, 6.07) is 15.3. The quantitative estimate of drug-likeness (QED) is 0.449. The number of carbonyl (C=O) groups excluding carboxylic acids is 1. The summed E-state index contributed by atoms with van der Waals surface area (Å²) < 4.78 is 8.59. The molecule has 8 nitrogen and oxygen atoms in total. The van der Waals surface area contributed by atoms with E-state index in [1.54, 1.807) is 0 Å². The minimum atomic E-state index is -0.274. The zero-order chi connectivity index (χ0) is 23.7. The van der Waals surface area contributed by atoms with Crippen molar-refractivity contribution >= 4 is 27.7 Å². The predicted molar refractivity (Wildman–Crippen MR) is 133 cm³/mol. The Hall–Kier alpha value is -3.49. The van der Waals surface area contributed by atoms with Crippen LogP contribution in [-0.2, 0) is 11.8 Å². The lowest BCUT2D eigenvalue weighted by atomic mass is 10.1. The number of nitrogens with zero attached hydrogens (tertiary/aromatic N) is 4. The van der Waals surface area contributed by atoms with Crippen LogP contribution in [-0.4, -0.2) is 64.5 Å². The van der Waals surface area contributed by atoms with Crippen LogP contribution in [0.4, 0.5) is 0 Å². The first-order valence-electron chi connectivity index (χ1n) is 11.7. The summed E-state index contributed by atoms with van der Waals surface area (Å²) in [5.74, 6) is -0.274. The highest BCUT2D eigenvalue weighted by molar-refractivity contribution is 6.16. The molecule has 1 aliphatic heterocycles. The first kappa shape index (κ1) is 22.3. The molecule has 34 heavy (non-hydrogen) atoms. The number of rotatable bonds is 6. The van der Waals surface area contributed by atoms with Crippen LogP contribution in [0.25, 0.3) is 27.5 Å². The van der Waals surface area contributed by atoms with Crippen molar-refractivity contribution in [2.75, 3.05) is 39.4 Å². The van der Waals surface area contributed by atoms with E-state index in [0.29, 0.717) is 23.1 Å². The van der Waals surface area contributed by atoms with E-state index < -0.39 is 0 Å². The van der Waals surface area contributed by atoms with Gasteiger partial charge in [0, 0.05) is 43.0 Å². The van der Waals surface area contributed by atoms with Gasteiger partial charge in [0.15, 0.2) is 5.69 Å². The second kappa shape index (κ2) is 9.40. The van der Waals surface area contributed by atoms with Gasteiger partial charge in [-0.3, -0.25) is 14.5 Å². The average molecular weight is 460 g/mol. The highest BCUT2D eigenvalue weighted by atomic mass is 16.5. The molecule has 0 atom stereocenters. The average Bonchev–Trinajstić information content (AvgIpc) is 3.16. The number of aromatic nitrogens is 3. The Bertz CT molecular complexity index is 1400. The third-order valence-corrected chi connectivity index (χ3v) is 6.47. The topological polar surface area (TPSA) is 81.4 Å². The van der Waals surface area contributed by atoms with Crippen LogP contribution in [0.2, 0.25) is 0 Å². The van der Waals surface area contributed by atoms with Gasteiger partial charge in [-0.1, -0.05) is 35.9 Å². The lowest BCUT2D eigenvalue weighted by Gasteiger charge is -2.26. The Morgan fingerprint density at radius 2 is 1.82 bits per heavy atom. The van der Waals surface area contributed by atoms with Crippen LogP contribution in [0, 0.1) is 6.92 Å². The largest absolute Gasteiger partial charge is 0.379 e. The molecule has 0 spiro atoms. The molecule has 4 aromatic rings. The van der Waals surface area contributed by atoms with Gasteiger partial charge in [0.1, 0.15) is 5.52 Å². The van der Waals surface area contributed by atoms with Gasteiger partial charge in [-0.05, 0) is 38.1 Å². The Morgan fingerprint density at radius 1 is 1.09 bits per heavy atom. The Morgan fingerprint density at radius 3 is 2.59 bits per heavy atom. The summed E-state index contributed by atoms with van der Waals surface area (Å²) in [6.07, 6.45) is 0.835. The molecular formula is C26H29N5O3. The van der Waals surface area contributed by atoms with Crippen molar-refractivity contribution in [3.63, 3.8) is 0 Å². The molecule has 1 N–H and O–H groups in total. The van der Waals surface area contributed by atoms with E-state index >= 15 is 0 Å². The highest BCUT2D eigenvalue weighted by Crippen LogP contribution is 2.28. The standard InChI is InChI=1S/C26H29N5O3/c1-18-8-10-19(11-9-18)31-26(33)24-22(20-6-3-4-7-21(20)29(24)2)23(28-31)25(32)27-12-5-13-30-14-16-34-17-15-30/h3-4,6-11H,5,12-17H2,1-2H3,(H,27,32). The number of morpholine rings is 1. The smallest absolute Gasteiger partial charge is 0.296 e. The second-order valence-corrected chi connectivity index (χ2v) is 8.76. The summed E-state index contributed by atoms with van der Waals surface area (Å²) in [5.41, 5.74) is 3.08. The normalized spacial score (nSPS) is 14.6. The van der Waals surface area contributed by atoms with Crippen LogP contribution < -0.4 is 10.9 Å². The number of para-hydroxylation sites is 1. The van der Waals surface area contributed by atoms with Crippen LogP contribution in [0.15, 0.2) is 53.3 Å². The van der Waals surface area contributed by atoms with Gasteiger partial charge in [-0.15, -0.1) is 0 Å². The third-order valence-electron chi connectivity index (χ3n) is 6.47. The highest BCUT2D eigenvalue weighted by Gasteiger charge is 2.23. The molecule has 2 aromatic heterocycles. The summed E-state index contributed by atoms with van der Waals surface area (Å²) in [6.45, 7) is 6.80. The molecule has 3 heterocycles. The van der Waals surface area contributed by atoms with E-state index in [1.165, 1.54) is 4.68 Å². The van der Waals surface area contributed by atoms with E-state index in [2.05, 4.69) is 15.3 Å². The Labute approximate surface area is 197 Å². The molecule has 0 unspecified atom stereocenters. The van der Waals surface area contributed by atoms with E-state index in [-0.39, 0.29) is 17.2 Å². The molecule has 1 aliphatic rings. The monoisotopic (exact) mass is 459 g/mol. The van der Waals surface area contributed by atoms with Crippen LogP contribution in [0.1, 0.15) is 22.5 Å². The fourth-order valence-corrected chi connectivity index (χ4v) is 4.61. The van der Waals surface area contributed by atoms with Crippen molar-refractivity contribution in [2.45, 2.75) is 13.3 Å². The second-order valence-electron chi connectivity index (χ2n) is 8.76. The van der Waals surface area contributed by atoms with Crippen LogP contribution in [0.5, 0.6) is 0 Å². The first-order chi connectivity index (χ1) is 16.5. The van der Waals surface area contributed by atoms with Gasteiger partial charge in [-0.2, -0.15) is 9.78 Å². The maximum atomic E-state index is 13.5. The van der Waals surface area contributed by atoms with Crippen molar-refractivity contribution in [3.8, 4) is 5.69 Å². The zero-order valence-corrected chi connectivity index (χ0v) is 19.6. The lowest BCUT2D eigenvalue weighted by molar-refractivity contribution is 0.0374. The fraction of sp³-hybridized carbons (Fsp3) is 0.346. The van der Waals surface area contributed by atoms with E-state index in [0.717, 1.165) is 55.7 Å². The number of nitrogens with one attached hydrogen (secondary N) is 1. The Balaban J connectivity index is 1.53.